The number of aliphatic hydroxyl groups excluding tert-OH is 1. The van der Waals surface area contributed by atoms with Crippen molar-refractivity contribution in [3.05, 3.63) is 101 Å². The summed E-state index contributed by atoms with van der Waals surface area (Å²) < 4.78 is 54.1. The number of hydrogen-bond acceptors (Lipinski definition) is 6. The van der Waals surface area contributed by atoms with Crippen LogP contribution in [0.5, 0.6) is 0 Å². The van der Waals surface area contributed by atoms with Gasteiger partial charge in [0.15, 0.2) is 6.29 Å². The molecular formula is C34H35F3N4O5. The molecule has 12 heteroatoms. The van der Waals surface area contributed by atoms with E-state index in [-0.39, 0.29) is 44.2 Å². The lowest BCUT2D eigenvalue weighted by Crippen LogP contribution is -2.50. The molecule has 3 aromatic carbocycles. The smallest absolute Gasteiger partial charge is 0.392 e. The van der Waals surface area contributed by atoms with Crippen LogP contribution in [0.25, 0.3) is 11.0 Å². The number of amides is 2. The van der Waals surface area contributed by atoms with Crippen LogP contribution in [0.3, 0.4) is 0 Å². The minimum absolute atomic E-state index is 0.0359. The summed E-state index contributed by atoms with van der Waals surface area (Å²) in [6.07, 6.45) is -3.95. The van der Waals surface area contributed by atoms with Crippen molar-refractivity contribution in [3.63, 3.8) is 0 Å². The summed E-state index contributed by atoms with van der Waals surface area (Å²) in [4.78, 5) is 29.6. The number of para-hydroxylation sites is 2. The van der Waals surface area contributed by atoms with Crippen LogP contribution >= 0.6 is 0 Å². The number of nitrogens with one attached hydrogen (secondary N) is 1. The Morgan fingerprint density at radius 1 is 0.978 bits per heavy atom. The van der Waals surface area contributed by atoms with Gasteiger partial charge in [-0.05, 0) is 41.7 Å². The average molecular weight is 637 g/mol. The summed E-state index contributed by atoms with van der Waals surface area (Å²) in [5, 5.41) is 12.2. The van der Waals surface area contributed by atoms with E-state index in [2.05, 4.69) is 21.8 Å². The second-order valence-electron chi connectivity index (χ2n) is 11.8. The molecule has 46 heavy (non-hydrogen) atoms. The van der Waals surface area contributed by atoms with E-state index in [4.69, 9.17) is 9.47 Å². The molecule has 2 saturated heterocycles. The lowest BCUT2D eigenvalue weighted by molar-refractivity contribution is -0.276. The van der Waals surface area contributed by atoms with E-state index in [1.807, 2.05) is 67.0 Å². The molecule has 2 amide bonds. The SMILES string of the molecule is CC1C(Cn2cnc3ccccc32)OC(c2ccc(CNC(=O)C3CCCN3C(=O)C(F)(F)F)cc2)OC1c1ccc(CO)cc1. The van der Waals surface area contributed by atoms with Gasteiger partial charge in [0.1, 0.15) is 6.04 Å². The van der Waals surface area contributed by atoms with Crippen LogP contribution in [0.2, 0.25) is 0 Å². The number of aliphatic hydroxyl groups is 1. The fourth-order valence-electron chi connectivity index (χ4n) is 6.22. The summed E-state index contributed by atoms with van der Waals surface area (Å²) in [7, 11) is 0. The zero-order valence-corrected chi connectivity index (χ0v) is 25.2. The maximum Gasteiger partial charge on any atom is 0.471 e. The number of likely N-dealkylation sites (tertiary alicyclic amines) is 1. The molecule has 3 heterocycles. The number of ether oxygens (including phenoxy) is 2. The summed E-state index contributed by atoms with van der Waals surface area (Å²) >= 11 is 0. The Hall–Kier alpha value is -4.26. The van der Waals surface area contributed by atoms with E-state index >= 15 is 0 Å². The Balaban J connectivity index is 1.17. The van der Waals surface area contributed by atoms with Gasteiger partial charge in [-0.25, -0.2) is 4.98 Å². The van der Waals surface area contributed by atoms with Gasteiger partial charge in [0.05, 0.1) is 42.7 Å². The predicted octanol–water partition coefficient (Wildman–Crippen LogP) is 5.19. The van der Waals surface area contributed by atoms with Crippen molar-refractivity contribution < 1.29 is 37.3 Å². The summed E-state index contributed by atoms with van der Waals surface area (Å²) in [6.45, 7) is 2.57. The first-order valence-electron chi connectivity index (χ1n) is 15.3. The second-order valence-corrected chi connectivity index (χ2v) is 11.8. The van der Waals surface area contributed by atoms with Crippen molar-refractivity contribution in [1.29, 1.82) is 0 Å². The molecule has 2 aliphatic heterocycles. The lowest BCUT2D eigenvalue weighted by Gasteiger charge is -2.41. The summed E-state index contributed by atoms with van der Waals surface area (Å²) in [5.74, 6) is -2.64. The molecule has 5 unspecified atom stereocenters. The molecule has 2 aliphatic rings. The van der Waals surface area contributed by atoms with Gasteiger partial charge in [-0.2, -0.15) is 13.2 Å². The van der Waals surface area contributed by atoms with Crippen LogP contribution in [-0.4, -0.2) is 56.2 Å². The van der Waals surface area contributed by atoms with Gasteiger partial charge in [0, 0.05) is 24.6 Å². The summed E-state index contributed by atoms with van der Waals surface area (Å²) in [5.41, 5.74) is 5.15. The molecule has 5 atom stereocenters. The van der Waals surface area contributed by atoms with Gasteiger partial charge in [0.25, 0.3) is 0 Å². The number of rotatable bonds is 8. The third-order valence-electron chi connectivity index (χ3n) is 8.80. The van der Waals surface area contributed by atoms with Crippen LogP contribution < -0.4 is 5.32 Å². The Morgan fingerprint density at radius 3 is 2.39 bits per heavy atom. The quantitative estimate of drug-likeness (QED) is 0.276. The molecule has 9 nitrogen and oxygen atoms in total. The number of alkyl halides is 3. The Morgan fingerprint density at radius 2 is 1.67 bits per heavy atom. The molecule has 0 aliphatic carbocycles. The molecule has 242 valence electrons. The highest BCUT2D eigenvalue weighted by Gasteiger charge is 2.47. The highest BCUT2D eigenvalue weighted by atomic mass is 19.4. The highest BCUT2D eigenvalue weighted by Crippen LogP contribution is 2.42. The van der Waals surface area contributed by atoms with Crippen LogP contribution in [-0.2, 0) is 38.8 Å². The molecule has 0 spiro atoms. The monoisotopic (exact) mass is 636 g/mol. The predicted molar refractivity (Wildman–Crippen MR) is 162 cm³/mol. The van der Waals surface area contributed by atoms with E-state index in [1.165, 1.54) is 0 Å². The maximum atomic E-state index is 13.0. The molecule has 4 aromatic rings. The third-order valence-corrected chi connectivity index (χ3v) is 8.80. The van der Waals surface area contributed by atoms with E-state index in [0.717, 1.165) is 33.3 Å². The maximum absolute atomic E-state index is 13.0. The van der Waals surface area contributed by atoms with Crippen LogP contribution in [0.15, 0.2) is 79.1 Å². The van der Waals surface area contributed by atoms with E-state index in [0.29, 0.717) is 17.9 Å². The number of imidazole rings is 1. The van der Waals surface area contributed by atoms with Crippen LogP contribution in [0.4, 0.5) is 13.2 Å². The Labute approximate surface area is 263 Å². The van der Waals surface area contributed by atoms with Gasteiger partial charge in [0.2, 0.25) is 5.91 Å². The molecule has 0 bridgehead atoms. The normalized spacial score (nSPS) is 23.5. The molecule has 1 aromatic heterocycles. The molecule has 0 radical (unpaired) electrons. The summed E-state index contributed by atoms with van der Waals surface area (Å²) in [6, 6.07) is 21.7. The van der Waals surface area contributed by atoms with Crippen molar-refractivity contribution in [2.24, 2.45) is 5.92 Å². The Kier molecular flexibility index (Phi) is 9.12. The van der Waals surface area contributed by atoms with Gasteiger partial charge in [-0.3, -0.25) is 9.59 Å². The van der Waals surface area contributed by atoms with Gasteiger partial charge < -0.3 is 29.4 Å². The zero-order chi connectivity index (χ0) is 32.4. The first-order chi connectivity index (χ1) is 22.1. The molecule has 6 rings (SSSR count). The minimum Gasteiger partial charge on any atom is -0.392 e. The fraction of sp³-hybridized carbons (Fsp3) is 0.382. The number of benzene rings is 3. The van der Waals surface area contributed by atoms with Crippen molar-refractivity contribution in [2.75, 3.05) is 6.54 Å². The van der Waals surface area contributed by atoms with Gasteiger partial charge in [-0.1, -0.05) is 67.6 Å². The standard InChI is InChI=1S/C34H35F3N4O5/c1-21-29(18-40-20-39-26-5-2-3-6-27(26)40)45-32(46-30(21)24-12-10-23(19-42)11-13-24)25-14-8-22(9-15-25)17-38-31(43)28-7-4-16-41(28)33(44)34(35,36)37/h2-3,5-6,8-15,20-21,28-30,32,42H,4,7,16-19H2,1H3,(H,38,43). The van der Waals surface area contributed by atoms with Crippen molar-refractivity contribution in [2.45, 2.75) is 70.2 Å². The number of halogens is 3. The molecule has 0 saturated carbocycles. The number of carbonyl (C=O) groups excluding carboxylic acids is 2. The molecule has 2 fully saturated rings. The van der Waals surface area contributed by atoms with E-state index in [9.17, 15) is 27.9 Å². The van der Waals surface area contributed by atoms with Crippen LogP contribution in [0.1, 0.15) is 54.4 Å². The minimum atomic E-state index is -5.02. The topological polar surface area (TPSA) is 106 Å². The average Bonchev–Trinajstić information content (AvgIpc) is 3.72. The van der Waals surface area contributed by atoms with E-state index < -0.39 is 30.3 Å². The first kappa shape index (κ1) is 31.7. The highest BCUT2D eigenvalue weighted by molar-refractivity contribution is 5.90. The largest absolute Gasteiger partial charge is 0.471 e. The lowest BCUT2D eigenvalue weighted by atomic mass is 9.90. The van der Waals surface area contributed by atoms with Crippen LogP contribution in [0, 0.1) is 5.92 Å². The van der Waals surface area contributed by atoms with Crippen molar-refractivity contribution >= 4 is 22.8 Å². The molecular weight excluding hydrogens is 601 g/mol. The number of carbonyl (C=O) groups is 2. The molecule has 2 N–H and O–H groups in total. The van der Waals surface area contributed by atoms with Crippen molar-refractivity contribution in [1.82, 2.24) is 19.8 Å². The first-order valence-corrected chi connectivity index (χ1v) is 15.3. The third kappa shape index (κ3) is 6.64. The fourth-order valence-corrected chi connectivity index (χ4v) is 6.22. The zero-order valence-electron chi connectivity index (χ0n) is 25.2. The van der Waals surface area contributed by atoms with Crippen molar-refractivity contribution in [3.8, 4) is 0 Å². The number of nitrogens with zero attached hydrogens (tertiary/aromatic N) is 3. The number of fused-ring (bicyclic) bond motifs is 1. The van der Waals surface area contributed by atoms with E-state index in [1.54, 1.807) is 12.1 Å². The Bertz CT molecular complexity index is 1670. The second kappa shape index (κ2) is 13.2. The van der Waals surface area contributed by atoms with Gasteiger partial charge >= 0.3 is 12.1 Å². The van der Waals surface area contributed by atoms with Gasteiger partial charge in [-0.15, -0.1) is 0 Å². The number of hydrogen-bond donors (Lipinski definition) is 2. The number of aromatic nitrogens is 2.